The number of ether oxygens (including phenoxy) is 1. The highest BCUT2D eigenvalue weighted by molar-refractivity contribution is 7.91. The molecule has 0 unspecified atom stereocenters. The summed E-state index contributed by atoms with van der Waals surface area (Å²) in [5.74, 6) is -2.01. The second kappa shape index (κ2) is 6.39. The molecule has 0 spiro atoms. The minimum Gasteiger partial charge on any atom is -0.481 e. The molecule has 0 aliphatic carbocycles. The number of carbonyl (C=O) groups excluding carboxylic acids is 1. The van der Waals surface area contributed by atoms with Crippen LogP contribution < -0.4 is 0 Å². The van der Waals surface area contributed by atoms with Gasteiger partial charge in [0, 0.05) is 13.3 Å². The zero-order valence-electron chi connectivity index (χ0n) is 8.43. The Kier molecular flexibility index (Phi) is 5.92. The Balaban J connectivity index is 3.77. The third kappa shape index (κ3) is 9.20. The van der Waals surface area contributed by atoms with E-state index < -0.39 is 21.8 Å². The van der Waals surface area contributed by atoms with E-state index in [0.29, 0.717) is 0 Å². The second-order valence-corrected chi connectivity index (χ2v) is 5.29. The van der Waals surface area contributed by atoms with Crippen molar-refractivity contribution in [1.29, 1.82) is 0 Å². The lowest BCUT2D eigenvalue weighted by Gasteiger charge is -2.03. The van der Waals surface area contributed by atoms with E-state index in [-0.39, 0.29) is 31.0 Å². The summed E-state index contributed by atoms with van der Waals surface area (Å²) in [5, 5.41) is 8.29. The van der Waals surface area contributed by atoms with Crippen molar-refractivity contribution in [2.24, 2.45) is 0 Å². The fourth-order valence-corrected chi connectivity index (χ4v) is 1.98. The quantitative estimate of drug-likeness (QED) is 0.618. The Morgan fingerprint density at radius 3 is 2.33 bits per heavy atom. The van der Waals surface area contributed by atoms with Gasteiger partial charge < -0.3 is 9.84 Å². The zero-order chi connectivity index (χ0) is 11.9. The molecule has 0 aliphatic rings. The monoisotopic (exact) mass is 238 g/mol. The van der Waals surface area contributed by atoms with Gasteiger partial charge in [0.2, 0.25) is 0 Å². The van der Waals surface area contributed by atoms with Crippen LogP contribution >= 0.6 is 0 Å². The summed E-state index contributed by atoms with van der Waals surface area (Å²) in [5.41, 5.74) is 0. The van der Waals surface area contributed by atoms with Crippen LogP contribution in [0.2, 0.25) is 0 Å². The standard InChI is InChI=1S/C8H14O6S/c1-7(9)14-4-6-15(12,13)5-2-3-8(10)11/h2-6H2,1H3,(H,10,11). The van der Waals surface area contributed by atoms with Gasteiger partial charge in [-0.1, -0.05) is 0 Å². The van der Waals surface area contributed by atoms with Crippen molar-refractivity contribution in [2.75, 3.05) is 18.1 Å². The maximum Gasteiger partial charge on any atom is 0.303 e. The van der Waals surface area contributed by atoms with Gasteiger partial charge in [0.05, 0.1) is 11.5 Å². The maximum absolute atomic E-state index is 11.2. The predicted molar refractivity (Wildman–Crippen MR) is 52.2 cm³/mol. The minimum absolute atomic E-state index is 0.0811. The topological polar surface area (TPSA) is 97.7 Å². The fourth-order valence-electron chi connectivity index (χ4n) is 0.858. The molecule has 1 N–H and O–H groups in total. The number of carboxylic acids is 1. The Labute approximate surface area is 88.2 Å². The summed E-state index contributed by atoms with van der Waals surface area (Å²) in [4.78, 5) is 20.5. The van der Waals surface area contributed by atoms with E-state index in [1.165, 1.54) is 6.92 Å². The van der Waals surface area contributed by atoms with Crippen molar-refractivity contribution >= 4 is 21.8 Å². The van der Waals surface area contributed by atoms with Crippen molar-refractivity contribution in [2.45, 2.75) is 19.8 Å². The van der Waals surface area contributed by atoms with Crippen molar-refractivity contribution in [3.8, 4) is 0 Å². The van der Waals surface area contributed by atoms with Gasteiger partial charge >= 0.3 is 11.9 Å². The molecule has 7 heteroatoms. The molecule has 0 rings (SSSR count). The van der Waals surface area contributed by atoms with Crippen LogP contribution in [0.5, 0.6) is 0 Å². The Hall–Kier alpha value is -1.11. The highest BCUT2D eigenvalue weighted by Gasteiger charge is 2.12. The SMILES string of the molecule is CC(=O)OCCS(=O)(=O)CCCC(=O)O. The Bertz CT molecular complexity index is 292. The van der Waals surface area contributed by atoms with Crippen LogP contribution in [0.15, 0.2) is 0 Å². The van der Waals surface area contributed by atoms with E-state index in [9.17, 15) is 18.0 Å². The summed E-state index contributed by atoms with van der Waals surface area (Å²) < 4.78 is 26.9. The molecule has 0 radical (unpaired) electrons. The molecule has 0 aliphatic heterocycles. The van der Waals surface area contributed by atoms with Gasteiger partial charge in [-0.15, -0.1) is 0 Å². The molecule has 0 amide bonds. The van der Waals surface area contributed by atoms with Gasteiger partial charge in [-0.25, -0.2) is 8.42 Å². The van der Waals surface area contributed by atoms with Crippen LogP contribution in [0.4, 0.5) is 0 Å². The maximum atomic E-state index is 11.2. The Morgan fingerprint density at radius 1 is 1.27 bits per heavy atom. The number of sulfone groups is 1. The number of esters is 1. The minimum atomic E-state index is -3.31. The molecule has 0 aromatic heterocycles. The molecule has 6 nitrogen and oxygen atoms in total. The van der Waals surface area contributed by atoms with Crippen LogP contribution in [-0.4, -0.2) is 43.6 Å². The first-order chi connectivity index (χ1) is 6.83. The molecule has 0 atom stereocenters. The lowest BCUT2D eigenvalue weighted by molar-refractivity contribution is -0.140. The summed E-state index contributed by atoms with van der Waals surface area (Å²) in [7, 11) is -3.31. The smallest absolute Gasteiger partial charge is 0.303 e. The Morgan fingerprint density at radius 2 is 1.87 bits per heavy atom. The molecule has 0 saturated heterocycles. The van der Waals surface area contributed by atoms with Crippen LogP contribution in [0.1, 0.15) is 19.8 Å². The first kappa shape index (κ1) is 13.9. The average Bonchev–Trinajstić information content (AvgIpc) is 2.01. The third-order valence-electron chi connectivity index (χ3n) is 1.55. The van der Waals surface area contributed by atoms with Gasteiger partial charge in [-0.05, 0) is 6.42 Å². The molecule has 0 aromatic rings. The molecule has 0 aromatic carbocycles. The number of aliphatic carboxylic acids is 1. The summed E-state index contributed by atoms with van der Waals surface area (Å²) >= 11 is 0. The molecule has 0 bridgehead atoms. The summed E-state index contributed by atoms with van der Waals surface area (Å²) in [6.45, 7) is 1.02. The van der Waals surface area contributed by atoms with Gasteiger partial charge in [-0.3, -0.25) is 9.59 Å². The van der Waals surface area contributed by atoms with E-state index in [0.717, 1.165) is 0 Å². The van der Waals surface area contributed by atoms with Crippen molar-refractivity contribution in [3.63, 3.8) is 0 Å². The molecule has 0 heterocycles. The molecule has 88 valence electrons. The number of hydrogen-bond acceptors (Lipinski definition) is 5. The molecule has 15 heavy (non-hydrogen) atoms. The lowest BCUT2D eigenvalue weighted by atomic mass is 10.3. The number of carboxylic acid groups (broad SMARTS) is 1. The van der Waals surface area contributed by atoms with E-state index in [2.05, 4.69) is 4.74 Å². The van der Waals surface area contributed by atoms with Crippen LogP contribution in [-0.2, 0) is 24.2 Å². The normalized spacial score (nSPS) is 11.0. The third-order valence-corrected chi connectivity index (χ3v) is 3.25. The largest absolute Gasteiger partial charge is 0.481 e. The van der Waals surface area contributed by atoms with Crippen LogP contribution in [0.3, 0.4) is 0 Å². The van der Waals surface area contributed by atoms with Gasteiger partial charge in [0.1, 0.15) is 6.61 Å². The van der Waals surface area contributed by atoms with Gasteiger partial charge in [0.25, 0.3) is 0 Å². The van der Waals surface area contributed by atoms with Gasteiger partial charge in [-0.2, -0.15) is 0 Å². The van der Waals surface area contributed by atoms with Crippen LogP contribution in [0.25, 0.3) is 0 Å². The second-order valence-electron chi connectivity index (χ2n) is 2.99. The molecular weight excluding hydrogens is 224 g/mol. The average molecular weight is 238 g/mol. The zero-order valence-corrected chi connectivity index (χ0v) is 9.25. The fraction of sp³-hybridized carbons (Fsp3) is 0.750. The first-order valence-electron chi connectivity index (χ1n) is 4.39. The first-order valence-corrected chi connectivity index (χ1v) is 6.21. The highest BCUT2D eigenvalue weighted by atomic mass is 32.2. The summed E-state index contributed by atoms with van der Waals surface area (Å²) in [6.07, 6.45) is -0.0927. The van der Waals surface area contributed by atoms with Gasteiger partial charge in [0.15, 0.2) is 9.84 Å². The summed E-state index contributed by atoms with van der Waals surface area (Å²) in [6, 6.07) is 0. The predicted octanol–water partition coefficient (Wildman–Crippen LogP) is -0.171. The molecule has 0 saturated carbocycles. The molecular formula is C8H14O6S. The van der Waals surface area contributed by atoms with Crippen molar-refractivity contribution in [3.05, 3.63) is 0 Å². The van der Waals surface area contributed by atoms with E-state index in [1.807, 2.05) is 0 Å². The van der Waals surface area contributed by atoms with Crippen LogP contribution in [0, 0.1) is 0 Å². The molecule has 0 fully saturated rings. The van der Waals surface area contributed by atoms with E-state index in [1.54, 1.807) is 0 Å². The van der Waals surface area contributed by atoms with E-state index in [4.69, 9.17) is 5.11 Å². The van der Waals surface area contributed by atoms with Crippen molar-refractivity contribution in [1.82, 2.24) is 0 Å². The van der Waals surface area contributed by atoms with E-state index >= 15 is 0 Å². The van der Waals surface area contributed by atoms with Crippen molar-refractivity contribution < 1.29 is 27.9 Å². The highest BCUT2D eigenvalue weighted by Crippen LogP contribution is 1.98. The number of rotatable bonds is 7. The number of hydrogen-bond donors (Lipinski definition) is 1. The lowest BCUT2D eigenvalue weighted by Crippen LogP contribution is -2.17. The number of carbonyl (C=O) groups is 2.